The van der Waals surface area contributed by atoms with Gasteiger partial charge in [-0.25, -0.2) is 4.79 Å². The van der Waals surface area contributed by atoms with Crippen LogP contribution in [0.4, 0.5) is 10.6 Å². The van der Waals surface area contributed by atoms with Crippen molar-refractivity contribution in [3.05, 3.63) is 52.4 Å². The van der Waals surface area contributed by atoms with Gasteiger partial charge in [0.2, 0.25) is 5.28 Å². The van der Waals surface area contributed by atoms with E-state index in [9.17, 15) is 4.79 Å². The monoisotopic (exact) mass is 431 g/mol. The molecule has 3 aromatic rings. The molecule has 1 unspecified atom stereocenters. The number of fused-ring (bicyclic) bond motifs is 1. The molecule has 2 fully saturated rings. The summed E-state index contributed by atoms with van der Waals surface area (Å²) < 4.78 is 5.51. The quantitative estimate of drug-likeness (QED) is 0.595. The predicted octanol–water partition coefficient (Wildman–Crippen LogP) is 4.48. The van der Waals surface area contributed by atoms with E-state index in [2.05, 4.69) is 20.3 Å². The first-order valence-corrected chi connectivity index (χ1v) is 10.2. The molecule has 1 aromatic carbocycles. The SMILES string of the molecule is O=C(OCc1ccccc1)N1CC(Nc2nc(Cl)nc3[nH]cc(Cl)c23)C2(CC2)C1. The van der Waals surface area contributed by atoms with Crippen LogP contribution in [0.5, 0.6) is 0 Å². The van der Waals surface area contributed by atoms with Crippen molar-refractivity contribution in [2.45, 2.75) is 25.5 Å². The number of hydrogen-bond donors (Lipinski definition) is 2. The van der Waals surface area contributed by atoms with Gasteiger partial charge in [0.25, 0.3) is 0 Å². The molecule has 1 amide bonds. The molecule has 1 saturated heterocycles. The molecule has 3 heterocycles. The maximum atomic E-state index is 12.6. The number of anilines is 1. The zero-order chi connectivity index (χ0) is 20.0. The van der Waals surface area contributed by atoms with Gasteiger partial charge in [-0.15, -0.1) is 0 Å². The first-order chi connectivity index (χ1) is 14.0. The Balaban J connectivity index is 1.31. The van der Waals surface area contributed by atoms with E-state index in [0.717, 1.165) is 18.4 Å². The Morgan fingerprint density at radius 2 is 2.07 bits per heavy atom. The summed E-state index contributed by atoms with van der Waals surface area (Å²) in [7, 11) is 0. The molecule has 1 aliphatic carbocycles. The van der Waals surface area contributed by atoms with Crippen molar-refractivity contribution >= 4 is 46.1 Å². The van der Waals surface area contributed by atoms with Gasteiger partial charge >= 0.3 is 6.09 Å². The number of nitrogens with one attached hydrogen (secondary N) is 2. The third kappa shape index (κ3) is 3.49. The van der Waals surface area contributed by atoms with Gasteiger partial charge in [-0.2, -0.15) is 9.97 Å². The van der Waals surface area contributed by atoms with Crippen molar-refractivity contribution in [1.29, 1.82) is 0 Å². The van der Waals surface area contributed by atoms with Crippen LogP contribution in [0.3, 0.4) is 0 Å². The molecule has 1 saturated carbocycles. The average molecular weight is 432 g/mol. The summed E-state index contributed by atoms with van der Waals surface area (Å²) in [5.41, 5.74) is 1.59. The zero-order valence-corrected chi connectivity index (χ0v) is 17.0. The van der Waals surface area contributed by atoms with Gasteiger partial charge in [-0.1, -0.05) is 41.9 Å². The van der Waals surface area contributed by atoms with Gasteiger partial charge in [0.1, 0.15) is 18.1 Å². The van der Waals surface area contributed by atoms with Gasteiger partial charge in [0, 0.05) is 24.7 Å². The number of rotatable bonds is 4. The van der Waals surface area contributed by atoms with Gasteiger partial charge < -0.3 is 19.9 Å². The number of aromatic nitrogens is 3. The van der Waals surface area contributed by atoms with Crippen LogP contribution in [0.15, 0.2) is 36.5 Å². The molecule has 29 heavy (non-hydrogen) atoms. The largest absolute Gasteiger partial charge is 0.445 e. The molecule has 7 nitrogen and oxygen atoms in total. The van der Waals surface area contributed by atoms with E-state index >= 15 is 0 Å². The first-order valence-electron chi connectivity index (χ1n) is 9.46. The number of ether oxygens (including phenoxy) is 1. The number of amides is 1. The van der Waals surface area contributed by atoms with E-state index < -0.39 is 0 Å². The second kappa shape index (κ2) is 7.07. The number of carbonyl (C=O) groups is 1. The van der Waals surface area contributed by atoms with Crippen molar-refractivity contribution in [1.82, 2.24) is 19.9 Å². The standard InChI is InChI=1S/C20H19Cl2N5O2/c21-13-8-23-16-15(13)17(26-18(22)25-16)24-14-9-27(11-20(14)6-7-20)19(28)29-10-12-4-2-1-3-5-12/h1-5,8,14H,6-7,9-11H2,(H2,23,24,25,26). The maximum Gasteiger partial charge on any atom is 0.410 e. The van der Waals surface area contributed by atoms with Crippen LogP contribution in [0, 0.1) is 5.41 Å². The molecule has 1 spiro atoms. The number of H-pyrrole nitrogens is 1. The van der Waals surface area contributed by atoms with Crippen LogP contribution in [0.25, 0.3) is 11.0 Å². The lowest BCUT2D eigenvalue weighted by atomic mass is 10.0. The molecule has 0 radical (unpaired) electrons. The van der Waals surface area contributed by atoms with E-state index in [1.807, 2.05) is 30.3 Å². The first kappa shape index (κ1) is 18.5. The molecule has 0 bridgehead atoms. The molecular formula is C20H19Cl2N5O2. The van der Waals surface area contributed by atoms with Crippen molar-refractivity contribution in [3.8, 4) is 0 Å². The normalized spacial score (nSPS) is 19.7. The number of benzene rings is 1. The van der Waals surface area contributed by atoms with Crippen LogP contribution in [-0.4, -0.2) is 45.1 Å². The second-order valence-corrected chi connectivity index (χ2v) is 8.43. The molecule has 5 rings (SSSR count). The number of halogens is 2. The molecular weight excluding hydrogens is 413 g/mol. The highest BCUT2D eigenvalue weighted by molar-refractivity contribution is 6.36. The number of carbonyl (C=O) groups excluding carboxylic acids is 1. The Hall–Kier alpha value is -2.51. The summed E-state index contributed by atoms with van der Waals surface area (Å²) >= 11 is 12.4. The Labute approximate surface area is 177 Å². The number of likely N-dealkylation sites (tertiary alicyclic amines) is 1. The van der Waals surface area contributed by atoms with Crippen LogP contribution in [-0.2, 0) is 11.3 Å². The fourth-order valence-corrected chi connectivity index (χ4v) is 4.42. The van der Waals surface area contributed by atoms with E-state index in [4.69, 9.17) is 27.9 Å². The van der Waals surface area contributed by atoms with E-state index in [1.165, 1.54) is 0 Å². The number of nitrogens with zero attached hydrogens (tertiary/aromatic N) is 3. The summed E-state index contributed by atoms with van der Waals surface area (Å²) in [6.45, 7) is 1.47. The molecule has 2 aliphatic rings. The van der Waals surface area contributed by atoms with E-state index in [-0.39, 0.29) is 29.4 Å². The third-order valence-electron chi connectivity index (χ3n) is 5.77. The van der Waals surface area contributed by atoms with Crippen molar-refractivity contribution in [2.24, 2.45) is 5.41 Å². The topological polar surface area (TPSA) is 83.1 Å². The Morgan fingerprint density at radius 1 is 1.28 bits per heavy atom. The summed E-state index contributed by atoms with van der Waals surface area (Å²) in [6, 6.07) is 9.72. The molecule has 1 atom stereocenters. The minimum absolute atomic E-state index is 0.0400. The van der Waals surface area contributed by atoms with E-state index in [0.29, 0.717) is 35.0 Å². The lowest BCUT2D eigenvalue weighted by molar-refractivity contribution is 0.102. The summed E-state index contributed by atoms with van der Waals surface area (Å²) in [6.07, 6.45) is 3.47. The zero-order valence-electron chi connectivity index (χ0n) is 15.5. The van der Waals surface area contributed by atoms with Gasteiger partial charge in [-0.05, 0) is 30.0 Å². The van der Waals surface area contributed by atoms with Gasteiger partial charge in [0.05, 0.1) is 16.5 Å². The number of hydrogen-bond acceptors (Lipinski definition) is 5. The summed E-state index contributed by atoms with van der Waals surface area (Å²) in [5, 5.41) is 4.85. The van der Waals surface area contributed by atoms with Crippen LogP contribution < -0.4 is 5.32 Å². The lowest BCUT2D eigenvalue weighted by Gasteiger charge is -2.19. The Kier molecular flexibility index (Phi) is 4.52. The van der Waals surface area contributed by atoms with Crippen LogP contribution in [0.2, 0.25) is 10.3 Å². The Bertz CT molecular complexity index is 1070. The summed E-state index contributed by atoms with van der Waals surface area (Å²) in [4.78, 5) is 25.9. The van der Waals surface area contributed by atoms with Gasteiger partial charge in [-0.3, -0.25) is 0 Å². The maximum absolute atomic E-state index is 12.6. The van der Waals surface area contributed by atoms with Gasteiger partial charge in [0.15, 0.2) is 0 Å². The predicted molar refractivity (Wildman–Crippen MR) is 111 cm³/mol. The van der Waals surface area contributed by atoms with Crippen LogP contribution >= 0.6 is 23.2 Å². The highest BCUT2D eigenvalue weighted by atomic mass is 35.5. The Morgan fingerprint density at radius 3 is 2.83 bits per heavy atom. The molecule has 1 aliphatic heterocycles. The molecule has 2 aromatic heterocycles. The summed E-state index contributed by atoms with van der Waals surface area (Å²) in [5.74, 6) is 0.585. The van der Waals surface area contributed by atoms with Crippen molar-refractivity contribution in [2.75, 3.05) is 18.4 Å². The smallest absolute Gasteiger partial charge is 0.410 e. The highest BCUT2D eigenvalue weighted by Crippen LogP contribution is 2.54. The van der Waals surface area contributed by atoms with Crippen LogP contribution in [0.1, 0.15) is 18.4 Å². The second-order valence-electron chi connectivity index (χ2n) is 7.68. The fourth-order valence-electron chi connectivity index (χ4n) is 4.02. The molecule has 150 valence electrons. The van der Waals surface area contributed by atoms with E-state index in [1.54, 1.807) is 11.1 Å². The third-order valence-corrected chi connectivity index (χ3v) is 6.24. The van der Waals surface area contributed by atoms with Crippen molar-refractivity contribution < 1.29 is 9.53 Å². The van der Waals surface area contributed by atoms with Crippen molar-refractivity contribution in [3.63, 3.8) is 0 Å². The lowest BCUT2D eigenvalue weighted by Crippen LogP contribution is -2.32. The minimum Gasteiger partial charge on any atom is -0.445 e. The molecule has 9 heteroatoms. The average Bonchev–Trinajstić information content (AvgIpc) is 3.28. The number of aromatic amines is 1. The fraction of sp³-hybridized carbons (Fsp3) is 0.350. The molecule has 2 N–H and O–H groups in total. The highest BCUT2D eigenvalue weighted by Gasteiger charge is 2.56. The minimum atomic E-state index is -0.296.